The Kier molecular flexibility index (Phi) is 6.15. The van der Waals surface area contributed by atoms with E-state index in [9.17, 15) is 19.8 Å². The summed E-state index contributed by atoms with van der Waals surface area (Å²) in [5.41, 5.74) is 1.51. The first kappa shape index (κ1) is 23.5. The van der Waals surface area contributed by atoms with E-state index in [2.05, 4.69) is 15.3 Å². The molecule has 0 bridgehead atoms. The van der Waals surface area contributed by atoms with Gasteiger partial charge in [0.05, 0.1) is 17.6 Å². The first-order chi connectivity index (χ1) is 17.4. The van der Waals surface area contributed by atoms with Crippen LogP contribution in [0.5, 0.6) is 0 Å². The van der Waals surface area contributed by atoms with Crippen molar-refractivity contribution in [1.82, 2.24) is 14.9 Å². The first-order valence-electron chi connectivity index (χ1n) is 11.3. The molecule has 1 aliphatic rings. The molecule has 1 aromatic heterocycles. The molecule has 5 rings (SSSR count). The fourth-order valence-electron chi connectivity index (χ4n) is 4.31. The minimum Gasteiger partial charge on any atom is -0.446 e. The van der Waals surface area contributed by atoms with Crippen LogP contribution in [0.1, 0.15) is 27.0 Å². The molecular formula is C26H24N4O6. The Bertz CT molecular complexity index is 1420. The highest BCUT2D eigenvalue weighted by Crippen LogP contribution is 2.43. The number of hydrogen-bond acceptors (Lipinski definition) is 7. The van der Waals surface area contributed by atoms with Crippen molar-refractivity contribution in [3.63, 3.8) is 0 Å². The standard InChI is InChI=1S/C26H24N4O6/c31-14-18(32)15-36-25(34)29-24-27-21-11-10-17(12-22(21)28-24)26(35)20-9-5-4-8-19(20)23(33)30(26)13-16-6-2-1-3-7-16/h1-12,18,31-32,35H,13-15H2,(H2,27,28,29,34). The van der Waals surface area contributed by atoms with Gasteiger partial charge in [-0.15, -0.1) is 0 Å². The zero-order chi connectivity index (χ0) is 25.3. The average molecular weight is 489 g/mol. The molecule has 184 valence electrons. The molecule has 0 fully saturated rings. The number of aliphatic hydroxyl groups is 3. The number of carbonyl (C=O) groups is 2. The lowest BCUT2D eigenvalue weighted by Gasteiger charge is -2.35. The molecule has 2 atom stereocenters. The second-order valence-corrected chi connectivity index (χ2v) is 8.47. The summed E-state index contributed by atoms with van der Waals surface area (Å²) >= 11 is 0. The molecule has 10 heteroatoms. The summed E-state index contributed by atoms with van der Waals surface area (Å²) in [4.78, 5) is 34.0. The fraction of sp³-hybridized carbons (Fsp3) is 0.192. The second kappa shape index (κ2) is 9.42. The van der Waals surface area contributed by atoms with Crippen LogP contribution in [-0.2, 0) is 17.0 Å². The van der Waals surface area contributed by atoms with E-state index >= 15 is 0 Å². The number of anilines is 1. The van der Waals surface area contributed by atoms with Gasteiger partial charge in [0.2, 0.25) is 5.95 Å². The number of carbonyl (C=O) groups excluding carboxylic acids is 2. The van der Waals surface area contributed by atoms with Gasteiger partial charge in [0, 0.05) is 23.2 Å². The molecule has 0 saturated heterocycles. The van der Waals surface area contributed by atoms with E-state index in [1.165, 1.54) is 4.90 Å². The zero-order valence-electron chi connectivity index (χ0n) is 19.1. The summed E-state index contributed by atoms with van der Waals surface area (Å²) < 4.78 is 4.83. The molecule has 3 aromatic carbocycles. The first-order valence-corrected chi connectivity index (χ1v) is 11.3. The van der Waals surface area contributed by atoms with Crippen molar-refractivity contribution < 1.29 is 29.6 Å². The van der Waals surface area contributed by atoms with Crippen LogP contribution in [0.3, 0.4) is 0 Å². The minimum absolute atomic E-state index is 0.0988. The number of imidazole rings is 1. The Morgan fingerprint density at radius 2 is 1.86 bits per heavy atom. The lowest BCUT2D eigenvalue weighted by atomic mass is 9.93. The van der Waals surface area contributed by atoms with Crippen LogP contribution in [0, 0.1) is 0 Å². The van der Waals surface area contributed by atoms with Crippen LogP contribution in [-0.4, -0.2) is 61.5 Å². The Balaban J connectivity index is 1.48. The molecule has 0 saturated carbocycles. The number of aliphatic hydroxyl groups excluding tert-OH is 2. The third-order valence-corrected chi connectivity index (χ3v) is 6.08. The molecule has 10 nitrogen and oxygen atoms in total. The molecular weight excluding hydrogens is 464 g/mol. The number of aromatic amines is 1. The maximum atomic E-state index is 13.4. The number of amides is 2. The number of hydrogen-bond donors (Lipinski definition) is 5. The number of aromatic nitrogens is 2. The van der Waals surface area contributed by atoms with Crippen LogP contribution in [0.2, 0.25) is 0 Å². The molecule has 4 aromatic rings. The van der Waals surface area contributed by atoms with Gasteiger partial charge in [-0.3, -0.25) is 15.0 Å². The lowest BCUT2D eigenvalue weighted by molar-refractivity contribution is -0.0542. The van der Waals surface area contributed by atoms with Crippen molar-refractivity contribution in [2.24, 2.45) is 0 Å². The summed E-state index contributed by atoms with van der Waals surface area (Å²) in [6.07, 6.45) is -2.03. The van der Waals surface area contributed by atoms with E-state index in [-0.39, 0.29) is 25.0 Å². The quantitative estimate of drug-likeness (QED) is 0.268. The Hall–Kier alpha value is -4.25. The highest BCUT2D eigenvalue weighted by atomic mass is 16.6. The summed E-state index contributed by atoms with van der Waals surface area (Å²) in [5, 5.41) is 32.7. The normalized spacial score (nSPS) is 17.8. The summed E-state index contributed by atoms with van der Waals surface area (Å²) in [7, 11) is 0. The summed E-state index contributed by atoms with van der Waals surface area (Å²) in [6, 6.07) is 21.5. The predicted octanol–water partition coefficient (Wildman–Crippen LogP) is 2.31. The summed E-state index contributed by atoms with van der Waals surface area (Å²) in [5.74, 6) is -0.184. The molecule has 5 N–H and O–H groups in total. The number of nitrogens with zero attached hydrogens (tertiary/aromatic N) is 2. The second-order valence-electron chi connectivity index (χ2n) is 8.47. The monoisotopic (exact) mass is 488 g/mol. The number of rotatable bonds is 7. The van der Waals surface area contributed by atoms with Crippen LogP contribution >= 0.6 is 0 Å². The van der Waals surface area contributed by atoms with E-state index in [4.69, 9.17) is 9.84 Å². The zero-order valence-corrected chi connectivity index (χ0v) is 19.1. The Morgan fingerprint density at radius 3 is 2.64 bits per heavy atom. The van der Waals surface area contributed by atoms with Crippen molar-refractivity contribution in [2.45, 2.75) is 18.4 Å². The highest BCUT2D eigenvalue weighted by molar-refractivity contribution is 6.00. The van der Waals surface area contributed by atoms with Crippen molar-refractivity contribution in [3.8, 4) is 0 Å². The van der Waals surface area contributed by atoms with E-state index in [1.807, 2.05) is 30.3 Å². The lowest BCUT2D eigenvalue weighted by Crippen LogP contribution is -2.44. The molecule has 0 radical (unpaired) electrons. The average Bonchev–Trinajstić information content (AvgIpc) is 3.40. The number of H-pyrrole nitrogens is 1. The molecule has 0 spiro atoms. The number of benzene rings is 3. The molecule has 36 heavy (non-hydrogen) atoms. The fourth-order valence-corrected chi connectivity index (χ4v) is 4.31. The van der Waals surface area contributed by atoms with E-state index in [1.54, 1.807) is 42.5 Å². The third kappa shape index (κ3) is 4.17. The van der Waals surface area contributed by atoms with Crippen LogP contribution in [0.15, 0.2) is 72.8 Å². The molecule has 1 aliphatic heterocycles. The molecule has 2 amide bonds. The summed E-state index contributed by atoms with van der Waals surface area (Å²) in [6.45, 7) is -0.706. The van der Waals surface area contributed by atoms with Crippen molar-refractivity contribution in [2.75, 3.05) is 18.5 Å². The predicted molar refractivity (Wildman–Crippen MR) is 130 cm³/mol. The number of fused-ring (bicyclic) bond motifs is 2. The number of nitrogens with one attached hydrogen (secondary N) is 2. The van der Waals surface area contributed by atoms with E-state index in [0.29, 0.717) is 27.7 Å². The molecule has 2 heterocycles. The highest BCUT2D eigenvalue weighted by Gasteiger charge is 2.49. The topological polar surface area (TPSA) is 148 Å². The van der Waals surface area contributed by atoms with Crippen LogP contribution < -0.4 is 5.32 Å². The van der Waals surface area contributed by atoms with Gasteiger partial charge in [-0.2, -0.15) is 0 Å². The van der Waals surface area contributed by atoms with Crippen LogP contribution in [0.4, 0.5) is 10.7 Å². The van der Waals surface area contributed by atoms with Crippen LogP contribution in [0.25, 0.3) is 11.0 Å². The SMILES string of the molecule is O=C(Nc1nc2cc(C3(O)c4ccccc4C(=O)N3Cc3ccccc3)ccc2[nH]1)OCC(O)CO. The van der Waals surface area contributed by atoms with Gasteiger partial charge >= 0.3 is 6.09 Å². The van der Waals surface area contributed by atoms with Crippen molar-refractivity contribution >= 4 is 29.0 Å². The van der Waals surface area contributed by atoms with Crippen molar-refractivity contribution in [3.05, 3.63) is 95.1 Å². The van der Waals surface area contributed by atoms with E-state index < -0.39 is 24.5 Å². The molecule has 0 aliphatic carbocycles. The van der Waals surface area contributed by atoms with Crippen molar-refractivity contribution in [1.29, 1.82) is 0 Å². The maximum absolute atomic E-state index is 13.4. The van der Waals surface area contributed by atoms with Gasteiger partial charge in [-0.25, -0.2) is 9.78 Å². The van der Waals surface area contributed by atoms with Gasteiger partial charge in [-0.05, 0) is 23.8 Å². The van der Waals surface area contributed by atoms with E-state index in [0.717, 1.165) is 5.56 Å². The number of ether oxygens (including phenoxy) is 1. The van der Waals surface area contributed by atoms with Gasteiger partial charge in [-0.1, -0.05) is 54.6 Å². The van der Waals surface area contributed by atoms with Gasteiger partial charge in [0.1, 0.15) is 12.7 Å². The minimum atomic E-state index is -1.73. The van der Waals surface area contributed by atoms with Gasteiger partial charge in [0.25, 0.3) is 5.91 Å². The maximum Gasteiger partial charge on any atom is 0.414 e. The smallest absolute Gasteiger partial charge is 0.414 e. The third-order valence-electron chi connectivity index (χ3n) is 6.08. The van der Waals surface area contributed by atoms with Gasteiger partial charge in [0.15, 0.2) is 5.72 Å². The largest absolute Gasteiger partial charge is 0.446 e. The van der Waals surface area contributed by atoms with Gasteiger partial charge < -0.3 is 25.0 Å². The molecule has 2 unspecified atom stereocenters. The Labute approximate surface area is 205 Å². The Morgan fingerprint density at radius 1 is 1.11 bits per heavy atom.